The topological polar surface area (TPSA) is 79.5 Å². The van der Waals surface area contributed by atoms with Crippen LogP contribution in [-0.4, -0.2) is 39.5 Å². The molecule has 0 aliphatic rings. The van der Waals surface area contributed by atoms with E-state index in [1.165, 1.54) is 0 Å². The first-order valence-corrected chi connectivity index (χ1v) is 5.14. The van der Waals surface area contributed by atoms with Crippen LogP contribution < -0.4 is 5.32 Å². The van der Waals surface area contributed by atoms with Crippen LogP contribution >= 0.6 is 0 Å². The Morgan fingerprint density at radius 1 is 1.41 bits per heavy atom. The first-order chi connectivity index (χ1) is 8.01. The fourth-order valence-electron chi connectivity index (χ4n) is 1.43. The lowest BCUT2D eigenvalue weighted by molar-refractivity contribution is 0.0688. The van der Waals surface area contributed by atoms with E-state index in [-0.39, 0.29) is 5.69 Å². The van der Waals surface area contributed by atoms with Gasteiger partial charge < -0.3 is 10.4 Å². The molecule has 0 aromatic carbocycles. The van der Waals surface area contributed by atoms with Crippen LogP contribution in [0.15, 0.2) is 12.4 Å². The standard InChI is InChI=1S/C9H9N3O2.C2H7N/c1-5-4-12-7(3-10-5)11-6(2)8(12)9(13)14;1-3-2/h3-4H,1-2H3,(H,13,14);3H,1-2H3. The van der Waals surface area contributed by atoms with Gasteiger partial charge in [-0.1, -0.05) is 0 Å². The van der Waals surface area contributed by atoms with Crippen LogP contribution in [0.25, 0.3) is 5.65 Å². The molecular formula is C11H16N4O2. The van der Waals surface area contributed by atoms with Crippen molar-refractivity contribution >= 4 is 11.6 Å². The molecule has 0 unspecified atom stereocenters. The second-order valence-electron chi connectivity index (χ2n) is 3.61. The summed E-state index contributed by atoms with van der Waals surface area (Å²) in [6, 6.07) is 0. The Morgan fingerprint density at radius 3 is 2.53 bits per heavy atom. The summed E-state index contributed by atoms with van der Waals surface area (Å²) in [5.41, 5.74) is 2.03. The van der Waals surface area contributed by atoms with Crippen LogP contribution in [0.1, 0.15) is 21.9 Å². The number of hydrogen-bond acceptors (Lipinski definition) is 4. The van der Waals surface area contributed by atoms with Crippen LogP contribution in [0, 0.1) is 13.8 Å². The van der Waals surface area contributed by atoms with Crippen LogP contribution in [0.4, 0.5) is 0 Å². The minimum Gasteiger partial charge on any atom is -0.477 e. The summed E-state index contributed by atoms with van der Waals surface area (Å²) in [7, 11) is 3.75. The van der Waals surface area contributed by atoms with Gasteiger partial charge in [-0.3, -0.25) is 9.38 Å². The lowest BCUT2D eigenvalue weighted by Gasteiger charge is -1.97. The lowest BCUT2D eigenvalue weighted by Crippen LogP contribution is -2.04. The van der Waals surface area contributed by atoms with E-state index in [0.717, 1.165) is 5.69 Å². The SMILES string of the molecule is CNC.Cc1cn2c(C(=O)O)c(C)nc2cn1. The number of carboxylic acid groups (broad SMARTS) is 1. The molecule has 6 nitrogen and oxygen atoms in total. The molecule has 6 heteroatoms. The van der Waals surface area contributed by atoms with Crippen molar-refractivity contribution in [3.05, 3.63) is 29.5 Å². The number of carboxylic acids is 1. The number of aromatic carboxylic acids is 1. The third-order valence-corrected chi connectivity index (χ3v) is 2.01. The summed E-state index contributed by atoms with van der Waals surface area (Å²) in [6.45, 7) is 3.48. The summed E-state index contributed by atoms with van der Waals surface area (Å²) < 4.78 is 1.54. The van der Waals surface area contributed by atoms with E-state index in [2.05, 4.69) is 15.3 Å². The summed E-state index contributed by atoms with van der Waals surface area (Å²) in [4.78, 5) is 19.1. The Labute approximate surface area is 99.3 Å². The molecule has 2 aromatic heterocycles. The van der Waals surface area contributed by atoms with Gasteiger partial charge in [0.2, 0.25) is 0 Å². The predicted octanol–water partition coefficient (Wildman–Crippen LogP) is 0.880. The Balaban J connectivity index is 0.000000437. The van der Waals surface area contributed by atoms with E-state index < -0.39 is 5.97 Å². The van der Waals surface area contributed by atoms with Crippen LogP contribution in [-0.2, 0) is 0 Å². The van der Waals surface area contributed by atoms with Crippen molar-refractivity contribution in [2.24, 2.45) is 0 Å². The van der Waals surface area contributed by atoms with Gasteiger partial charge in [0.25, 0.3) is 0 Å². The molecule has 92 valence electrons. The van der Waals surface area contributed by atoms with Crippen molar-refractivity contribution in [3.8, 4) is 0 Å². The number of carbonyl (C=O) groups is 1. The number of imidazole rings is 1. The first kappa shape index (κ1) is 13.1. The monoisotopic (exact) mass is 236 g/mol. The van der Waals surface area contributed by atoms with Gasteiger partial charge in [0.05, 0.1) is 17.6 Å². The molecule has 0 spiro atoms. The van der Waals surface area contributed by atoms with Gasteiger partial charge >= 0.3 is 5.97 Å². The number of nitrogens with zero attached hydrogens (tertiary/aromatic N) is 3. The van der Waals surface area contributed by atoms with Crippen LogP contribution in [0.3, 0.4) is 0 Å². The maximum absolute atomic E-state index is 10.9. The van der Waals surface area contributed by atoms with Crippen molar-refractivity contribution in [2.45, 2.75) is 13.8 Å². The van der Waals surface area contributed by atoms with Gasteiger partial charge in [0, 0.05) is 6.20 Å². The van der Waals surface area contributed by atoms with Gasteiger partial charge in [-0.05, 0) is 27.9 Å². The van der Waals surface area contributed by atoms with Crippen molar-refractivity contribution in [3.63, 3.8) is 0 Å². The zero-order valence-corrected chi connectivity index (χ0v) is 10.4. The Morgan fingerprint density at radius 2 is 2.00 bits per heavy atom. The van der Waals surface area contributed by atoms with E-state index in [0.29, 0.717) is 11.3 Å². The third-order valence-electron chi connectivity index (χ3n) is 2.01. The molecule has 0 aliphatic carbocycles. The first-order valence-electron chi connectivity index (χ1n) is 5.14. The van der Waals surface area contributed by atoms with Crippen molar-refractivity contribution in [1.29, 1.82) is 0 Å². The summed E-state index contributed by atoms with van der Waals surface area (Å²) >= 11 is 0. The number of fused-ring (bicyclic) bond motifs is 1. The average Bonchev–Trinajstić information content (AvgIpc) is 2.54. The molecular weight excluding hydrogens is 220 g/mol. The average molecular weight is 236 g/mol. The minimum atomic E-state index is -0.972. The molecule has 0 saturated carbocycles. The molecule has 2 heterocycles. The van der Waals surface area contributed by atoms with E-state index in [1.807, 2.05) is 14.1 Å². The molecule has 0 amide bonds. The van der Waals surface area contributed by atoms with Crippen LogP contribution in [0.5, 0.6) is 0 Å². The van der Waals surface area contributed by atoms with E-state index in [4.69, 9.17) is 5.11 Å². The summed E-state index contributed by atoms with van der Waals surface area (Å²) in [6.07, 6.45) is 3.23. The third kappa shape index (κ3) is 2.79. The normalized spacial score (nSPS) is 9.88. The van der Waals surface area contributed by atoms with Crippen molar-refractivity contribution in [1.82, 2.24) is 19.7 Å². The van der Waals surface area contributed by atoms with E-state index in [1.54, 1.807) is 30.6 Å². The molecule has 0 saturated heterocycles. The van der Waals surface area contributed by atoms with Gasteiger partial charge in [-0.25, -0.2) is 9.78 Å². The molecule has 2 N–H and O–H groups in total. The quantitative estimate of drug-likeness (QED) is 0.768. The smallest absolute Gasteiger partial charge is 0.354 e. The second-order valence-corrected chi connectivity index (χ2v) is 3.61. The minimum absolute atomic E-state index is 0.200. The fraction of sp³-hybridized carbons (Fsp3) is 0.364. The molecule has 0 atom stereocenters. The second kappa shape index (κ2) is 5.40. The Kier molecular flexibility index (Phi) is 4.17. The number of aryl methyl sites for hydroxylation is 2. The largest absolute Gasteiger partial charge is 0.477 e. The molecule has 0 aliphatic heterocycles. The van der Waals surface area contributed by atoms with Gasteiger partial charge in [-0.2, -0.15) is 0 Å². The van der Waals surface area contributed by atoms with Gasteiger partial charge in [-0.15, -0.1) is 0 Å². The van der Waals surface area contributed by atoms with Crippen molar-refractivity contribution in [2.75, 3.05) is 14.1 Å². The molecule has 2 aromatic rings. The number of rotatable bonds is 1. The number of hydrogen-bond donors (Lipinski definition) is 2. The highest BCUT2D eigenvalue weighted by Crippen LogP contribution is 2.11. The maximum Gasteiger partial charge on any atom is 0.354 e. The van der Waals surface area contributed by atoms with Gasteiger partial charge in [0.1, 0.15) is 0 Å². The molecule has 0 radical (unpaired) electrons. The van der Waals surface area contributed by atoms with Crippen molar-refractivity contribution < 1.29 is 9.90 Å². The molecule has 0 fully saturated rings. The van der Waals surface area contributed by atoms with Gasteiger partial charge in [0.15, 0.2) is 11.3 Å². The zero-order chi connectivity index (χ0) is 13.0. The highest BCUT2D eigenvalue weighted by Gasteiger charge is 2.15. The number of aromatic nitrogens is 3. The Bertz CT molecular complexity index is 533. The highest BCUT2D eigenvalue weighted by molar-refractivity contribution is 5.88. The highest BCUT2D eigenvalue weighted by atomic mass is 16.4. The van der Waals surface area contributed by atoms with Crippen LogP contribution in [0.2, 0.25) is 0 Å². The van der Waals surface area contributed by atoms with E-state index in [9.17, 15) is 4.79 Å². The molecule has 2 rings (SSSR count). The number of nitrogens with one attached hydrogen (secondary N) is 1. The lowest BCUT2D eigenvalue weighted by atomic mass is 10.3. The maximum atomic E-state index is 10.9. The molecule has 17 heavy (non-hydrogen) atoms. The zero-order valence-electron chi connectivity index (χ0n) is 10.4. The predicted molar refractivity (Wildman–Crippen MR) is 64.4 cm³/mol. The fourth-order valence-corrected chi connectivity index (χ4v) is 1.43. The summed E-state index contributed by atoms with van der Waals surface area (Å²) in [5.74, 6) is -0.972. The Hall–Kier alpha value is -1.95. The van der Waals surface area contributed by atoms with E-state index >= 15 is 0 Å². The molecule has 0 bridgehead atoms. The summed E-state index contributed by atoms with van der Waals surface area (Å²) in [5, 5.41) is 11.7.